The van der Waals surface area contributed by atoms with Gasteiger partial charge >= 0.3 is 0 Å². The monoisotopic (exact) mass is 437 g/mol. The van der Waals surface area contributed by atoms with E-state index in [9.17, 15) is 0 Å². The van der Waals surface area contributed by atoms with Crippen LogP contribution in [0.25, 0.3) is 4.96 Å². The summed E-state index contributed by atoms with van der Waals surface area (Å²) in [7, 11) is 1.70. The van der Waals surface area contributed by atoms with Gasteiger partial charge in [-0.3, -0.25) is 4.40 Å². The van der Waals surface area contributed by atoms with E-state index in [1.807, 2.05) is 22.2 Å². The predicted molar refractivity (Wildman–Crippen MR) is 102 cm³/mol. The Morgan fingerprint density at radius 1 is 1.41 bits per heavy atom. The molecule has 2 rings (SSSR count). The highest BCUT2D eigenvalue weighted by Gasteiger charge is 2.03. The molecular weight excluding hydrogens is 413 g/mol. The summed E-state index contributed by atoms with van der Waals surface area (Å²) in [5.74, 6) is 0.817. The number of rotatable bonds is 8. The van der Waals surface area contributed by atoms with Gasteiger partial charge in [0.05, 0.1) is 18.8 Å². The molecule has 0 radical (unpaired) electrons. The van der Waals surface area contributed by atoms with Crippen molar-refractivity contribution in [3.05, 3.63) is 23.5 Å². The number of aliphatic imine (C=N–C) groups is 1. The first-order valence-corrected chi connectivity index (χ1v) is 8.13. The minimum absolute atomic E-state index is 0. The summed E-state index contributed by atoms with van der Waals surface area (Å²) in [5.41, 5.74) is 0.977. The van der Waals surface area contributed by atoms with Crippen molar-refractivity contribution in [1.29, 1.82) is 0 Å². The van der Waals surface area contributed by atoms with Crippen LogP contribution in [0.2, 0.25) is 0 Å². The Bertz CT molecular complexity index is 528. The molecule has 2 aromatic heterocycles. The Hall–Kier alpha value is -0.870. The summed E-state index contributed by atoms with van der Waals surface area (Å²) >= 11 is 1.63. The number of aromatic nitrogens is 2. The lowest BCUT2D eigenvalue weighted by Gasteiger charge is -2.11. The van der Waals surface area contributed by atoms with E-state index >= 15 is 0 Å². The second-order valence-corrected chi connectivity index (χ2v) is 5.56. The molecule has 0 spiro atoms. The third-order valence-electron chi connectivity index (χ3n) is 2.96. The maximum atomic E-state index is 5.05. The van der Waals surface area contributed by atoms with Gasteiger partial charge in [-0.15, -0.1) is 35.3 Å². The number of hydrogen-bond donors (Lipinski definition) is 2. The second-order valence-electron chi connectivity index (χ2n) is 4.69. The first kappa shape index (κ1) is 19.2. The van der Waals surface area contributed by atoms with Crippen molar-refractivity contribution in [2.24, 2.45) is 4.99 Å². The Labute approximate surface area is 152 Å². The summed E-state index contributed by atoms with van der Waals surface area (Å²) < 4.78 is 7.08. The minimum atomic E-state index is 0. The van der Waals surface area contributed by atoms with Crippen LogP contribution in [-0.4, -0.2) is 42.2 Å². The van der Waals surface area contributed by atoms with E-state index in [0.29, 0.717) is 13.2 Å². The normalized spacial score (nSPS) is 11.5. The summed E-state index contributed by atoms with van der Waals surface area (Å²) in [5, 5.41) is 8.62. The quantitative estimate of drug-likeness (QED) is 0.288. The van der Waals surface area contributed by atoms with E-state index in [1.165, 1.54) is 0 Å². The van der Waals surface area contributed by atoms with Gasteiger partial charge in [-0.25, -0.2) is 9.98 Å². The number of nitrogens with zero attached hydrogens (tertiary/aromatic N) is 3. The fourth-order valence-electron chi connectivity index (χ4n) is 1.84. The number of hydrogen-bond acceptors (Lipinski definition) is 4. The van der Waals surface area contributed by atoms with Crippen LogP contribution in [0.3, 0.4) is 0 Å². The number of guanidine groups is 1. The van der Waals surface area contributed by atoms with Crippen LogP contribution >= 0.6 is 35.3 Å². The zero-order valence-electron chi connectivity index (χ0n) is 13.0. The molecule has 6 nitrogen and oxygen atoms in total. The number of thiazole rings is 1. The first-order chi connectivity index (χ1) is 10.3. The maximum absolute atomic E-state index is 5.05. The van der Waals surface area contributed by atoms with E-state index in [4.69, 9.17) is 4.74 Å². The van der Waals surface area contributed by atoms with E-state index in [0.717, 1.165) is 42.5 Å². The van der Waals surface area contributed by atoms with Crippen molar-refractivity contribution in [3.63, 3.8) is 0 Å². The Balaban J connectivity index is 0.00000242. The van der Waals surface area contributed by atoms with Gasteiger partial charge in [0.1, 0.15) is 0 Å². The molecule has 2 heterocycles. The van der Waals surface area contributed by atoms with Crippen LogP contribution in [0.15, 0.2) is 22.8 Å². The van der Waals surface area contributed by atoms with Crippen LogP contribution in [0, 0.1) is 0 Å². The number of ether oxygens (including phenoxy) is 1. The number of imidazole rings is 1. The van der Waals surface area contributed by atoms with Crippen LogP contribution in [0.4, 0.5) is 0 Å². The molecule has 2 N–H and O–H groups in total. The molecule has 0 unspecified atom stereocenters. The number of methoxy groups -OCH3 is 1. The Kier molecular flexibility index (Phi) is 9.41. The van der Waals surface area contributed by atoms with Gasteiger partial charge in [-0.05, 0) is 6.42 Å². The average Bonchev–Trinajstić information content (AvgIpc) is 3.05. The lowest BCUT2D eigenvalue weighted by molar-refractivity contribution is 0.203. The third-order valence-corrected chi connectivity index (χ3v) is 3.73. The van der Waals surface area contributed by atoms with Crippen molar-refractivity contribution in [1.82, 2.24) is 20.0 Å². The van der Waals surface area contributed by atoms with Crippen molar-refractivity contribution in [2.45, 2.75) is 26.3 Å². The van der Waals surface area contributed by atoms with Crippen molar-refractivity contribution >= 4 is 46.2 Å². The molecule has 0 atom stereocenters. The van der Waals surface area contributed by atoms with Gasteiger partial charge in [0, 0.05) is 38.0 Å². The van der Waals surface area contributed by atoms with Gasteiger partial charge in [-0.1, -0.05) is 13.3 Å². The molecular formula is C14H24IN5OS. The zero-order chi connectivity index (χ0) is 14.9. The van der Waals surface area contributed by atoms with E-state index in [-0.39, 0.29) is 24.0 Å². The fourth-order valence-corrected chi connectivity index (χ4v) is 2.56. The van der Waals surface area contributed by atoms with Crippen LogP contribution in [0.1, 0.15) is 25.5 Å². The molecule has 0 aromatic carbocycles. The first-order valence-electron chi connectivity index (χ1n) is 7.25. The molecule has 0 aliphatic heterocycles. The standard InChI is InChI=1S/C14H23N5OS.HI/c1-3-4-5-15-13(16-6-8-20-2)17-10-12-11-19-7-9-21-14(19)18-12;/h7,9,11H,3-6,8,10H2,1-2H3,(H2,15,16,17);1H. The number of fused-ring (bicyclic) bond motifs is 1. The number of unbranched alkanes of at least 4 members (excludes halogenated alkanes) is 1. The lowest BCUT2D eigenvalue weighted by Crippen LogP contribution is -2.39. The topological polar surface area (TPSA) is 63.0 Å². The largest absolute Gasteiger partial charge is 0.383 e. The van der Waals surface area contributed by atoms with Crippen LogP contribution < -0.4 is 10.6 Å². The molecule has 0 aliphatic rings. The highest BCUT2D eigenvalue weighted by Crippen LogP contribution is 2.11. The van der Waals surface area contributed by atoms with E-state index < -0.39 is 0 Å². The summed E-state index contributed by atoms with van der Waals surface area (Å²) in [6, 6.07) is 0. The SMILES string of the molecule is CCCCNC(=NCc1cn2ccsc2n1)NCCOC.I. The highest BCUT2D eigenvalue weighted by molar-refractivity contribution is 14.0. The number of nitrogens with one attached hydrogen (secondary N) is 2. The van der Waals surface area contributed by atoms with Crippen molar-refractivity contribution < 1.29 is 4.74 Å². The van der Waals surface area contributed by atoms with Gasteiger partial charge in [0.2, 0.25) is 0 Å². The smallest absolute Gasteiger partial charge is 0.193 e. The molecule has 0 fully saturated rings. The molecule has 22 heavy (non-hydrogen) atoms. The molecule has 0 amide bonds. The summed E-state index contributed by atoms with van der Waals surface area (Å²) in [4.78, 5) is 10.1. The van der Waals surface area contributed by atoms with Crippen LogP contribution in [0.5, 0.6) is 0 Å². The minimum Gasteiger partial charge on any atom is -0.383 e. The van der Waals surface area contributed by atoms with Gasteiger partial charge in [-0.2, -0.15) is 0 Å². The molecule has 2 aromatic rings. The van der Waals surface area contributed by atoms with Gasteiger partial charge in [0.15, 0.2) is 10.9 Å². The van der Waals surface area contributed by atoms with Crippen molar-refractivity contribution in [2.75, 3.05) is 26.8 Å². The Morgan fingerprint density at radius 3 is 2.95 bits per heavy atom. The maximum Gasteiger partial charge on any atom is 0.193 e. The Morgan fingerprint density at radius 2 is 2.23 bits per heavy atom. The molecule has 0 saturated carbocycles. The average molecular weight is 437 g/mol. The van der Waals surface area contributed by atoms with Crippen molar-refractivity contribution in [3.8, 4) is 0 Å². The van der Waals surface area contributed by atoms with Gasteiger partial charge in [0.25, 0.3) is 0 Å². The zero-order valence-corrected chi connectivity index (χ0v) is 16.2. The highest BCUT2D eigenvalue weighted by atomic mass is 127. The second kappa shape index (κ2) is 10.8. The molecule has 0 aliphatic carbocycles. The molecule has 0 bridgehead atoms. The fraction of sp³-hybridized carbons (Fsp3) is 0.571. The van der Waals surface area contributed by atoms with Gasteiger partial charge < -0.3 is 15.4 Å². The summed E-state index contributed by atoms with van der Waals surface area (Å²) in [6.45, 7) is 5.08. The summed E-state index contributed by atoms with van der Waals surface area (Å²) in [6.07, 6.45) is 6.33. The molecule has 0 saturated heterocycles. The third kappa shape index (κ3) is 6.09. The predicted octanol–water partition coefficient (Wildman–Crippen LogP) is 2.50. The van der Waals surface area contributed by atoms with Crippen LogP contribution in [-0.2, 0) is 11.3 Å². The van der Waals surface area contributed by atoms with E-state index in [2.05, 4.69) is 27.5 Å². The van der Waals surface area contributed by atoms with E-state index in [1.54, 1.807) is 18.4 Å². The molecule has 124 valence electrons. The molecule has 8 heteroatoms. The lowest BCUT2D eigenvalue weighted by atomic mass is 10.3. The number of halogens is 1.